The lowest BCUT2D eigenvalue weighted by Gasteiger charge is -2.38. The maximum atomic E-state index is 13.5. The first kappa shape index (κ1) is 21.7. The number of piperidine rings is 1. The number of imidazole rings is 1. The minimum Gasteiger partial charge on any atom is -0.346 e. The van der Waals surface area contributed by atoms with Crippen molar-refractivity contribution in [2.75, 3.05) is 19.6 Å². The molecule has 0 radical (unpaired) electrons. The van der Waals surface area contributed by atoms with Crippen molar-refractivity contribution in [3.8, 4) is 0 Å². The van der Waals surface area contributed by atoms with E-state index in [1.165, 1.54) is 42.4 Å². The Morgan fingerprint density at radius 2 is 1.94 bits per heavy atom. The predicted octanol–water partition coefficient (Wildman–Crippen LogP) is 3.40. The van der Waals surface area contributed by atoms with Crippen molar-refractivity contribution >= 4 is 22.6 Å². The van der Waals surface area contributed by atoms with Crippen LogP contribution in [0, 0.1) is 5.82 Å². The fraction of sp³-hybridized carbons (Fsp3) is 0.400. The number of carbonyl (C=O) groups excluding carboxylic acids is 1. The van der Waals surface area contributed by atoms with Crippen molar-refractivity contribution in [3.05, 3.63) is 59.6 Å². The first-order valence-corrected chi connectivity index (χ1v) is 10.7. The summed E-state index contributed by atoms with van der Waals surface area (Å²) < 4.78 is 51.9. The van der Waals surface area contributed by atoms with E-state index in [4.69, 9.17) is 0 Å². The largest absolute Gasteiger partial charge is 0.405 e. The van der Waals surface area contributed by atoms with E-state index in [1.807, 2.05) is 10.2 Å². The normalized spacial score (nSPS) is 20.4. The molecule has 6 nitrogen and oxygen atoms in total. The second-order valence-corrected chi connectivity index (χ2v) is 8.44. The van der Waals surface area contributed by atoms with Crippen molar-refractivity contribution < 1.29 is 22.4 Å². The van der Waals surface area contributed by atoms with Gasteiger partial charge in [0.05, 0.1) is 18.2 Å². The topological polar surface area (TPSA) is 73.0 Å². The van der Waals surface area contributed by atoms with Crippen LogP contribution in [0.15, 0.2) is 42.5 Å². The van der Waals surface area contributed by atoms with Crippen LogP contribution in [0.5, 0.6) is 0 Å². The molecule has 31 heavy (non-hydrogen) atoms. The number of hydrogen-bond donors (Lipinski definition) is 3. The molecular weight excluding hydrogens is 434 g/mol. The molecule has 1 amide bonds. The zero-order chi connectivity index (χ0) is 22.0. The van der Waals surface area contributed by atoms with Crippen molar-refractivity contribution in [1.82, 2.24) is 25.5 Å². The number of benzene rings is 1. The fourth-order valence-corrected chi connectivity index (χ4v) is 5.28. The van der Waals surface area contributed by atoms with E-state index < -0.39 is 24.4 Å². The Hall–Kier alpha value is -2.53. The van der Waals surface area contributed by atoms with Gasteiger partial charge in [-0.1, -0.05) is 23.9 Å². The predicted molar refractivity (Wildman–Crippen MR) is 109 cm³/mol. The third-order valence-electron chi connectivity index (χ3n) is 5.21. The number of H-pyrrole nitrogens is 1. The highest BCUT2D eigenvalue weighted by atomic mass is 32.2. The van der Waals surface area contributed by atoms with Gasteiger partial charge in [-0.2, -0.15) is 13.2 Å². The van der Waals surface area contributed by atoms with Gasteiger partial charge in [-0.3, -0.25) is 4.79 Å². The van der Waals surface area contributed by atoms with Gasteiger partial charge in [0.25, 0.3) is 5.91 Å². The molecule has 0 aliphatic carbocycles. The molecule has 1 saturated heterocycles. The lowest BCUT2D eigenvalue weighted by atomic mass is 10.0. The van der Waals surface area contributed by atoms with E-state index in [9.17, 15) is 22.4 Å². The van der Waals surface area contributed by atoms with E-state index in [2.05, 4.69) is 15.3 Å². The quantitative estimate of drug-likeness (QED) is 0.603. The molecule has 4 rings (SSSR count). The molecule has 1 aromatic carbocycles. The van der Waals surface area contributed by atoms with E-state index in [0.717, 1.165) is 31.6 Å². The van der Waals surface area contributed by atoms with Gasteiger partial charge < -0.3 is 20.5 Å². The number of alkyl halides is 3. The number of carbonyl (C=O) groups is 1. The summed E-state index contributed by atoms with van der Waals surface area (Å²) in [5.41, 5.74) is 1.48. The Balaban J connectivity index is 1.77. The highest BCUT2D eigenvalue weighted by Crippen LogP contribution is 2.53. The minimum absolute atomic E-state index is 0.0494. The number of nitrogens with zero attached hydrogens (tertiary/aromatic N) is 2. The van der Waals surface area contributed by atoms with Gasteiger partial charge >= 0.3 is 6.18 Å². The molecule has 0 spiro atoms. The van der Waals surface area contributed by atoms with Gasteiger partial charge in [-0.15, -0.1) is 0 Å². The molecule has 2 aliphatic heterocycles. The van der Waals surface area contributed by atoms with Gasteiger partial charge in [-0.05, 0) is 43.6 Å². The van der Waals surface area contributed by atoms with Crippen LogP contribution in [-0.2, 0) is 4.79 Å². The summed E-state index contributed by atoms with van der Waals surface area (Å²) in [6.45, 7) is 0.0568. The molecule has 1 fully saturated rings. The molecule has 3 heterocycles. The third-order valence-corrected chi connectivity index (χ3v) is 6.58. The monoisotopic (exact) mass is 455 g/mol. The average Bonchev–Trinajstić information content (AvgIpc) is 3.40. The van der Waals surface area contributed by atoms with Crippen LogP contribution < -0.4 is 10.6 Å². The van der Waals surface area contributed by atoms with E-state index >= 15 is 0 Å². The molecule has 1 unspecified atom stereocenters. The van der Waals surface area contributed by atoms with Gasteiger partial charge in [0.15, 0.2) is 0 Å². The molecule has 11 heteroatoms. The highest BCUT2D eigenvalue weighted by Gasteiger charge is 2.43. The average molecular weight is 455 g/mol. The standard InChI is InChI=1S/C20H21F4N5OS/c21-13-3-1-12(2-4-13)17-16(18(30)27-10-20(22,23)24)29(14-5-7-25-8-6-14)19(31-17)15-9-26-11-28-15/h1-4,9,11,14,19,25H,5-8,10H2,(H,26,28)(H,27,30). The summed E-state index contributed by atoms with van der Waals surface area (Å²) in [7, 11) is 0. The molecule has 2 aliphatic rings. The summed E-state index contributed by atoms with van der Waals surface area (Å²) in [6.07, 6.45) is 0.108. The number of nitrogens with one attached hydrogen (secondary N) is 3. The third kappa shape index (κ3) is 4.87. The second kappa shape index (κ2) is 8.91. The Morgan fingerprint density at radius 3 is 2.55 bits per heavy atom. The molecule has 0 saturated carbocycles. The number of halogens is 4. The van der Waals surface area contributed by atoms with Gasteiger partial charge in [0, 0.05) is 10.9 Å². The van der Waals surface area contributed by atoms with Crippen LogP contribution in [0.3, 0.4) is 0 Å². The number of rotatable bonds is 5. The summed E-state index contributed by atoms with van der Waals surface area (Å²) in [6, 6.07) is 5.56. The maximum Gasteiger partial charge on any atom is 0.405 e. The Labute approximate surface area is 180 Å². The van der Waals surface area contributed by atoms with Crippen LogP contribution >= 0.6 is 11.8 Å². The fourth-order valence-electron chi connectivity index (χ4n) is 3.82. The van der Waals surface area contributed by atoms with Crippen LogP contribution in [0.1, 0.15) is 29.5 Å². The van der Waals surface area contributed by atoms with E-state index in [0.29, 0.717) is 10.5 Å². The van der Waals surface area contributed by atoms with Crippen LogP contribution in [0.4, 0.5) is 17.6 Å². The van der Waals surface area contributed by atoms with Crippen LogP contribution in [-0.4, -0.2) is 52.6 Å². The molecule has 3 N–H and O–H groups in total. The van der Waals surface area contributed by atoms with Crippen LogP contribution in [0.25, 0.3) is 4.91 Å². The zero-order valence-electron chi connectivity index (χ0n) is 16.4. The number of amides is 1. The molecule has 1 atom stereocenters. The lowest BCUT2D eigenvalue weighted by Crippen LogP contribution is -2.46. The molecular formula is C20H21F4N5OS. The van der Waals surface area contributed by atoms with Crippen molar-refractivity contribution in [3.63, 3.8) is 0 Å². The summed E-state index contributed by atoms with van der Waals surface area (Å²) in [5.74, 6) is -1.24. The summed E-state index contributed by atoms with van der Waals surface area (Å²) in [4.78, 5) is 22.6. The zero-order valence-corrected chi connectivity index (χ0v) is 17.2. The van der Waals surface area contributed by atoms with Crippen molar-refractivity contribution in [2.24, 2.45) is 0 Å². The Kier molecular flexibility index (Phi) is 6.24. The van der Waals surface area contributed by atoms with Gasteiger partial charge in [0.2, 0.25) is 0 Å². The van der Waals surface area contributed by atoms with Gasteiger partial charge in [-0.25, -0.2) is 9.37 Å². The first-order valence-electron chi connectivity index (χ1n) is 9.82. The highest BCUT2D eigenvalue weighted by molar-refractivity contribution is 8.08. The van der Waals surface area contributed by atoms with Crippen molar-refractivity contribution in [1.29, 1.82) is 0 Å². The molecule has 2 aromatic rings. The molecule has 1 aromatic heterocycles. The summed E-state index contributed by atoms with van der Waals surface area (Å²) in [5, 5.41) is 4.92. The van der Waals surface area contributed by atoms with Crippen molar-refractivity contribution in [2.45, 2.75) is 30.4 Å². The molecule has 0 bridgehead atoms. The van der Waals surface area contributed by atoms with Crippen LogP contribution in [0.2, 0.25) is 0 Å². The van der Waals surface area contributed by atoms with E-state index in [1.54, 1.807) is 6.20 Å². The van der Waals surface area contributed by atoms with E-state index in [-0.39, 0.29) is 17.1 Å². The number of thioether (sulfide) groups is 1. The van der Waals surface area contributed by atoms with Gasteiger partial charge in [0.1, 0.15) is 23.4 Å². The Bertz CT molecular complexity index is 939. The lowest BCUT2D eigenvalue weighted by molar-refractivity contribution is -0.137. The first-order chi connectivity index (χ1) is 14.8. The Morgan fingerprint density at radius 1 is 1.23 bits per heavy atom. The maximum absolute atomic E-state index is 13.5. The number of hydrogen-bond acceptors (Lipinski definition) is 5. The second-order valence-electron chi connectivity index (χ2n) is 7.35. The smallest absolute Gasteiger partial charge is 0.346 e. The number of aromatic amines is 1. The number of aromatic nitrogens is 2. The minimum atomic E-state index is -4.53. The summed E-state index contributed by atoms with van der Waals surface area (Å²) >= 11 is 1.35. The SMILES string of the molecule is O=C(NCC(F)(F)F)C1=C(c2ccc(F)cc2)SC(c2cnc[nH]2)N1C1CCNCC1. The molecule has 166 valence electrons.